The molecule has 0 saturated heterocycles. The molecule has 0 unspecified atom stereocenters. The van der Waals surface area contributed by atoms with Crippen molar-refractivity contribution in [2.45, 2.75) is 0 Å². The molecule has 0 aliphatic rings. The zero-order chi connectivity index (χ0) is 8.10. The van der Waals surface area contributed by atoms with Gasteiger partial charge in [0.15, 0.2) is 0 Å². The highest BCUT2D eigenvalue weighted by Gasteiger charge is 1.97. The van der Waals surface area contributed by atoms with Crippen molar-refractivity contribution >= 4 is 11.6 Å². The van der Waals surface area contributed by atoms with Crippen LogP contribution in [0.1, 0.15) is 0 Å². The molecule has 0 spiro atoms. The lowest BCUT2D eigenvalue weighted by Gasteiger charge is -1.99. The fourth-order valence-electron chi connectivity index (χ4n) is 0.594. The van der Waals surface area contributed by atoms with Gasteiger partial charge in [0, 0.05) is 12.3 Å². The summed E-state index contributed by atoms with van der Waals surface area (Å²) in [7, 11) is 0. The SMILES string of the molecule is O=C(CO)Nc1c[c]cnc1. The molecule has 4 nitrogen and oxygen atoms in total. The zero-order valence-corrected chi connectivity index (χ0v) is 5.74. The number of carbonyl (C=O) groups is 1. The Bertz CT molecular complexity index is 235. The molecule has 0 atom stereocenters. The van der Waals surface area contributed by atoms with Crippen molar-refractivity contribution in [3.63, 3.8) is 0 Å². The summed E-state index contributed by atoms with van der Waals surface area (Å²) in [6, 6.07) is 4.25. The Morgan fingerprint density at radius 2 is 2.64 bits per heavy atom. The van der Waals surface area contributed by atoms with Crippen molar-refractivity contribution in [1.82, 2.24) is 4.98 Å². The van der Waals surface area contributed by atoms with Crippen LogP contribution in [0.5, 0.6) is 0 Å². The van der Waals surface area contributed by atoms with Crippen LogP contribution in [0, 0.1) is 6.07 Å². The van der Waals surface area contributed by atoms with E-state index in [-0.39, 0.29) is 0 Å². The van der Waals surface area contributed by atoms with E-state index in [4.69, 9.17) is 5.11 Å². The van der Waals surface area contributed by atoms with Gasteiger partial charge >= 0.3 is 0 Å². The number of carbonyl (C=O) groups excluding carboxylic acids is 1. The van der Waals surface area contributed by atoms with Crippen molar-refractivity contribution in [3.8, 4) is 0 Å². The third-order valence-electron chi connectivity index (χ3n) is 1.03. The average molecular weight is 151 g/mol. The molecule has 1 aromatic rings. The third kappa shape index (κ3) is 2.35. The van der Waals surface area contributed by atoms with E-state index in [2.05, 4.69) is 16.4 Å². The lowest BCUT2D eigenvalue weighted by Crippen LogP contribution is -2.15. The number of anilines is 1. The van der Waals surface area contributed by atoms with Crippen molar-refractivity contribution in [3.05, 3.63) is 24.5 Å². The first-order valence-electron chi connectivity index (χ1n) is 3.05. The summed E-state index contributed by atoms with van der Waals surface area (Å²) in [5.41, 5.74) is 0.534. The minimum Gasteiger partial charge on any atom is -0.387 e. The normalized spacial score (nSPS) is 9.18. The maximum absolute atomic E-state index is 10.6. The maximum Gasteiger partial charge on any atom is 0.250 e. The number of hydrogen-bond donors (Lipinski definition) is 2. The van der Waals surface area contributed by atoms with Crippen LogP contribution in [-0.2, 0) is 4.79 Å². The second-order valence-electron chi connectivity index (χ2n) is 1.88. The standard InChI is InChI=1S/C7H7N2O2/c10-5-7(11)9-6-2-1-3-8-4-6/h2-4,10H,5H2,(H,9,11). The molecule has 0 fully saturated rings. The molecule has 4 heteroatoms. The summed E-state index contributed by atoms with van der Waals surface area (Å²) in [6.07, 6.45) is 2.96. The van der Waals surface area contributed by atoms with E-state index in [0.717, 1.165) is 0 Å². The van der Waals surface area contributed by atoms with Crippen molar-refractivity contribution < 1.29 is 9.90 Å². The molecule has 0 aromatic carbocycles. The van der Waals surface area contributed by atoms with Gasteiger partial charge in [0.1, 0.15) is 6.61 Å². The van der Waals surface area contributed by atoms with Gasteiger partial charge in [-0.3, -0.25) is 9.78 Å². The second kappa shape index (κ2) is 3.68. The van der Waals surface area contributed by atoms with Crippen LogP contribution in [0.15, 0.2) is 18.5 Å². The number of nitrogens with zero attached hydrogens (tertiary/aromatic N) is 1. The van der Waals surface area contributed by atoms with Crippen molar-refractivity contribution in [1.29, 1.82) is 0 Å². The van der Waals surface area contributed by atoms with Crippen LogP contribution in [0.4, 0.5) is 5.69 Å². The van der Waals surface area contributed by atoms with E-state index >= 15 is 0 Å². The lowest BCUT2D eigenvalue weighted by atomic mass is 10.4. The molecule has 57 valence electrons. The quantitative estimate of drug-likeness (QED) is 0.616. The van der Waals surface area contributed by atoms with Gasteiger partial charge in [-0.15, -0.1) is 0 Å². The fourth-order valence-corrected chi connectivity index (χ4v) is 0.594. The summed E-state index contributed by atoms with van der Waals surface area (Å²) in [5, 5.41) is 10.8. The fraction of sp³-hybridized carbons (Fsp3) is 0.143. The zero-order valence-electron chi connectivity index (χ0n) is 5.74. The number of pyridine rings is 1. The molecule has 1 aromatic heterocycles. The number of amides is 1. The van der Waals surface area contributed by atoms with Gasteiger partial charge in [0.2, 0.25) is 5.91 Å². The van der Waals surface area contributed by atoms with E-state index in [9.17, 15) is 4.79 Å². The minimum absolute atomic E-state index is 0.452. The Hall–Kier alpha value is -1.42. The summed E-state index contributed by atoms with van der Waals surface area (Å²) in [6.45, 7) is -0.519. The summed E-state index contributed by atoms with van der Waals surface area (Å²) in [4.78, 5) is 14.3. The Balaban J connectivity index is 2.58. The van der Waals surface area contributed by atoms with Gasteiger partial charge in [-0.05, 0) is 6.07 Å². The first-order valence-corrected chi connectivity index (χ1v) is 3.05. The van der Waals surface area contributed by atoms with Gasteiger partial charge in [-0.25, -0.2) is 0 Å². The summed E-state index contributed by atoms with van der Waals surface area (Å²) < 4.78 is 0. The Kier molecular flexibility index (Phi) is 2.57. The Labute approximate surface area is 63.9 Å². The predicted molar refractivity (Wildman–Crippen MR) is 38.8 cm³/mol. The number of rotatable bonds is 2. The van der Waals surface area contributed by atoms with E-state index in [1.165, 1.54) is 12.4 Å². The van der Waals surface area contributed by atoms with Crippen LogP contribution in [-0.4, -0.2) is 22.6 Å². The predicted octanol–water partition coefficient (Wildman–Crippen LogP) is -0.187. The molecule has 0 aliphatic carbocycles. The number of aliphatic hydroxyl groups excluding tert-OH is 1. The molecule has 1 amide bonds. The maximum atomic E-state index is 10.6. The van der Waals surface area contributed by atoms with Crippen molar-refractivity contribution in [2.75, 3.05) is 11.9 Å². The van der Waals surface area contributed by atoms with E-state index in [1.54, 1.807) is 6.07 Å². The topological polar surface area (TPSA) is 62.2 Å². The van der Waals surface area contributed by atoms with Gasteiger partial charge in [-0.1, -0.05) is 0 Å². The lowest BCUT2D eigenvalue weighted by molar-refractivity contribution is -0.118. The van der Waals surface area contributed by atoms with Crippen LogP contribution in [0.3, 0.4) is 0 Å². The molecular weight excluding hydrogens is 144 g/mol. The molecule has 11 heavy (non-hydrogen) atoms. The first-order chi connectivity index (χ1) is 5.33. The summed E-state index contributed by atoms with van der Waals surface area (Å²) in [5.74, 6) is -0.452. The Morgan fingerprint density at radius 3 is 3.18 bits per heavy atom. The molecule has 1 radical (unpaired) electrons. The monoisotopic (exact) mass is 151 g/mol. The highest BCUT2D eigenvalue weighted by molar-refractivity contribution is 5.91. The number of nitrogens with one attached hydrogen (secondary N) is 1. The second-order valence-corrected chi connectivity index (χ2v) is 1.88. The minimum atomic E-state index is -0.519. The number of aliphatic hydroxyl groups is 1. The molecule has 0 aliphatic heterocycles. The largest absolute Gasteiger partial charge is 0.387 e. The van der Waals surface area contributed by atoms with Crippen LogP contribution < -0.4 is 5.32 Å². The highest BCUT2D eigenvalue weighted by atomic mass is 16.3. The molecule has 0 bridgehead atoms. The Morgan fingerprint density at radius 1 is 1.82 bits per heavy atom. The molecule has 2 N–H and O–H groups in total. The van der Waals surface area contributed by atoms with Gasteiger partial charge in [0.25, 0.3) is 0 Å². The van der Waals surface area contributed by atoms with Crippen LogP contribution >= 0.6 is 0 Å². The molecule has 1 rings (SSSR count). The smallest absolute Gasteiger partial charge is 0.250 e. The molecule has 0 saturated carbocycles. The molecule has 1 heterocycles. The van der Waals surface area contributed by atoms with Gasteiger partial charge < -0.3 is 10.4 Å². The first kappa shape index (κ1) is 7.68. The summed E-state index contributed by atoms with van der Waals surface area (Å²) >= 11 is 0. The van der Waals surface area contributed by atoms with E-state index < -0.39 is 12.5 Å². The van der Waals surface area contributed by atoms with E-state index in [1.807, 2.05) is 0 Å². The van der Waals surface area contributed by atoms with Gasteiger partial charge in [-0.2, -0.15) is 0 Å². The van der Waals surface area contributed by atoms with E-state index in [0.29, 0.717) is 5.69 Å². The van der Waals surface area contributed by atoms with Crippen LogP contribution in [0.25, 0.3) is 0 Å². The number of hydrogen-bond acceptors (Lipinski definition) is 3. The average Bonchev–Trinajstić information content (AvgIpc) is 2.06. The van der Waals surface area contributed by atoms with Gasteiger partial charge in [0.05, 0.1) is 11.9 Å². The van der Waals surface area contributed by atoms with Crippen molar-refractivity contribution in [2.24, 2.45) is 0 Å². The molecular formula is C7H7N2O2. The third-order valence-corrected chi connectivity index (χ3v) is 1.03. The highest BCUT2D eigenvalue weighted by Crippen LogP contribution is 2.00. The van der Waals surface area contributed by atoms with Crippen LogP contribution in [0.2, 0.25) is 0 Å². The number of aromatic nitrogens is 1.